The SMILES string of the molecule is Cc1ccc(C)c(C(=O)CCC(=O)N2CCN(S(=O)(=O)c3cc(C)ccc3C)CC2)c1. The van der Waals surface area contributed by atoms with Gasteiger partial charge in [0.2, 0.25) is 15.9 Å². The van der Waals surface area contributed by atoms with Gasteiger partial charge in [0.25, 0.3) is 0 Å². The Kier molecular flexibility index (Phi) is 6.96. The van der Waals surface area contributed by atoms with Crippen molar-refractivity contribution < 1.29 is 18.0 Å². The van der Waals surface area contributed by atoms with E-state index in [4.69, 9.17) is 0 Å². The monoisotopic (exact) mass is 442 g/mol. The number of hydrogen-bond donors (Lipinski definition) is 0. The van der Waals surface area contributed by atoms with Gasteiger partial charge >= 0.3 is 0 Å². The Labute approximate surface area is 184 Å². The topological polar surface area (TPSA) is 74.8 Å². The maximum atomic E-state index is 13.0. The quantitative estimate of drug-likeness (QED) is 0.643. The van der Waals surface area contributed by atoms with Crippen LogP contribution in [0.2, 0.25) is 0 Å². The highest BCUT2D eigenvalue weighted by molar-refractivity contribution is 7.89. The molecule has 3 rings (SSSR count). The van der Waals surface area contributed by atoms with Crippen LogP contribution >= 0.6 is 0 Å². The summed E-state index contributed by atoms with van der Waals surface area (Å²) in [6.45, 7) is 8.67. The number of Topliss-reactive ketones (excluding diaryl/α,β-unsaturated/α-hetero) is 1. The number of amides is 1. The Morgan fingerprint density at radius 1 is 0.806 bits per heavy atom. The molecule has 1 amide bonds. The Balaban J connectivity index is 1.58. The standard InChI is InChI=1S/C24H30N2O4S/c1-17-5-7-19(3)21(15-17)22(27)9-10-24(28)25-11-13-26(14-12-25)31(29,30)23-16-18(2)6-8-20(23)4/h5-8,15-16H,9-14H2,1-4H3. The van der Waals surface area contributed by atoms with E-state index in [-0.39, 0.29) is 37.6 Å². The Bertz CT molecular complexity index is 1100. The second kappa shape index (κ2) is 9.32. The van der Waals surface area contributed by atoms with Crippen LogP contribution in [-0.2, 0) is 14.8 Å². The van der Waals surface area contributed by atoms with E-state index < -0.39 is 10.0 Å². The highest BCUT2D eigenvalue weighted by Gasteiger charge is 2.31. The van der Waals surface area contributed by atoms with Gasteiger partial charge in [-0.15, -0.1) is 0 Å². The van der Waals surface area contributed by atoms with Crippen LogP contribution in [0.25, 0.3) is 0 Å². The zero-order valence-corrected chi connectivity index (χ0v) is 19.5. The second-order valence-corrected chi connectivity index (χ2v) is 10.2. The van der Waals surface area contributed by atoms with Crippen molar-refractivity contribution >= 4 is 21.7 Å². The van der Waals surface area contributed by atoms with Crippen LogP contribution in [0, 0.1) is 27.7 Å². The fourth-order valence-corrected chi connectivity index (χ4v) is 5.58. The van der Waals surface area contributed by atoms with E-state index in [0.717, 1.165) is 16.7 Å². The first-order valence-electron chi connectivity index (χ1n) is 10.5. The molecule has 0 N–H and O–H groups in total. The lowest BCUT2D eigenvalue weighted by molar-refractivity contribution is -0.132. The summed E-state index contributed by atoms with van der Waals surface area (Å²) in [5.41, 5.74) is 4.20. The Morgan fingerprint density at radius 2 is 1.39 bits per heavy atom. The second-order valence-electron chi connectivity index (χ2n) is 8.30. The molecule has 1 aliphatic heterocycles. The van der Waals surface area contributed by atoms with Gasteiger partial charge in [0.1, 0.15) is 0 Å². The molecule has 7 heteroatoms. The van der Waals surface area contributed by atoms with Crippen LogP contribution in [0.15, 0.2) is 41.3 Å². The minimum Gasteiger partial charge on any atom is -0.340 e. The molecule has 0 radical (unpaired) electrons. The number of hydrogen-bond acceptors (Lipinski definition) is 4. The first kappa shape index (κ1) is 23.2. The van der Waals surface area contributed by atoms with E-state index in [0.29, 0.717) is 29.1 Å². The van der Waals surface area contributed by atoms with Gasteiger partial charge in [0, 0.05) is 44.6 Å². The molecule has 1 saturated heterocycles. The molecule has 0 saturated carbocycles. The number of carbonyl (C=O) groups is 2. The van der Waals surface area contributed by atoms with Crippen molar-refractivity contribution in [2.45, 2.75) is 45.4 Å². The van der Waals surface area contributed by atoms with E-state index in [9.17, 15) is 18.0 Å². The van der Waals surface area contributed by atoms with Gasteiger partial charge in [-0.2, -0.15) is 4.31 Å². The molecule has 0 spiro atoms. The van der Waals surface area contributed by atoms with E-state index in [1.54, 1.807) is 17.9 Å². The number of benzene rings is 2. The molecule has 0 aromatic heterocycles. The number of carbonyl (C=O) groups excluding carboxylic acids is 2. The predicted octanol–water partition coefficient (Wildman–Crippen LogP) is 3.42. The molecule has 0 atom stereocenters. The van der Waals surface area contributed by atoms with Crippen LogP contribution < -0.4 is 0 Å². The van der Waals surface area contributed by atoms with Gasteiger partial charge in [-0.25, -0.2) is 8.42 Å². The summed E-state index contributed by atoms with van der Waals surface area (Å²) in [7, 11) is -3.59. The molecule has 0 unspecified atom stereocenters. The maximum absolute atomic E-state index is 13.0. The number of nitrogens with zero attached hydrogens (tertiary/aromatic N) is 2. The third kappa shape index (κ3) is 5.22. The molecule has 6 nitrogen and oxygen atoms in total. The summed E-state index contributed by atoms with van der Waals surface area (Å²) in [6, 6.07) is 11.1. The molecule has 31 heavy (non-hydrogen) atoms. The van der Waals surface area contributed by atoms with Gasteiger partial charge in [0.15, 0.2) is 5.78 Å². The van der Waals surface area contributed by atoms with Crippen LogP contribution in [0.1, 0.15) is 45.5 Å². The van der Waals surface area contributed by atoms with Crippen LogP contribution in [0.5, 0.6) is 0 Å². The molecular formula is C24H30N2O4S. The van der Waals surface area contributed by atoms with Crippen LogP contribution in [0.3, 0.4) is 0 Å². The smallest absolute Gasteiger partial charge is 0.243 e. The molecule has 0 bridgehead atoms. The average molecular weight is 443 g/mol. The lowest BCUT2D eigenvalue weighted by Crippen LogP contribution is -2.50. The van der Waals surface area contributed by atoms with Crippen molar-refractivity contribution in [3.8, 4) is 0 Å². The van der Waals surface area contributed by atoms with E-state index >= 15 is 0 Å². The molecule has 0 aliphatic carbocycles. The van der Waals surface area contributed by atoms with Crippen molar-refractivity contribution in [1.82, 2.24) is 9.21 Å². The molecule has 1 heterocycles. The number of piperazine rings is 1. The zero-order valence-electron chi connectivity index (χ0n) is 18.6. The number of ketones is 1. The lowest BCUT2D eigenvalue weighted by atomic mass is 9.99. The highest BCUT2D eigenvalue weighted by Crippen LogP contribution is 2.23. The molecule has 2 aromatic rings. The molecule has 166 valence electrons. The largest absolute Gasteiger partial charge is 0.340 e. The van der Waals surface area contributed by atoms with Crippen LogP contribution in [0.4, 0.5) is 0 Å². The number of rotatable bonds is 6. The molecule has 1 aliphatic rings. The third-order valence-corrected chi connectivity index (χ3v) is 7.85. The van der Waals surface area contributed by atoms with E-state index in [1.165, 1.54) is 4.31 Å². The predicted molar refractivity (Wildman–Crippen MR) is 121 cm³/mol. The average Bonchev–Trinajstić information content (AvgIpc) is 2.75. The number of sulfonamides is 1. The summed E-state index contributed by atoms with van der Waals surface area (Å²) >= 11 is 0. The van der Waals surface area contributed by atoms with E-state index in [2.05, 4.69) is 0 Å². The third-order valence-electron chi connectivity index (χ3n) is 5.81. The van der Waals surface area contributed by atoms with E-state index in [1.807, 2.05) is 51.1 Å². The minimum absolute atomic E-state index is 0.0364. The summed E-state index contributed by atoms with van der Waals surface area (Å²) in [4.78, 5) is 27.1. The van der Waals surface area contributed by atoms with Gasteiger partial charge in [0.05, 0.1) is 4.90 Å². The molecular weight excluding hydrogens is 412 g/mol. The summed E-state index contributed by atoms with van der Waals surface area (Å²) in [5, 5.41) is 0. The first-order chi connectivity index (χ1) is 14.6. The Morgan fingerprint density at radius 3 is 2.03 bits per heavy atom. The van der Waals surface area contributed by atoms with Gasteiger partial charge in [-0.3, -0.25) is 9.59 Å². The van der Waals surface area contributed by atoms with Crippen molar-refractivity contribution in [1.29, 1.82) is 0 Å². The fraction of sp³-hybridized carbons (Fsp3) is 0.417. The van der Waals surface area contributed by atoms with Gasteiger partial charge in [-0.1, -0.05) is 29.8 Å². The molecule has 2 aromatic carbocycles. The first-order valence-corrected chi connectivity index (χ1v) is 12.0. The number of aryl methyl sites for hydroxylation is 4. The lowest BCUT2D eigenvalue weighted by Gasteiger charge is -2.34. The maximum Gasteiger partial charge on any atom is 0.243 e. The zero-order chi connectivity index (χ0) is 22.8. The van der Waals surface area contributed by atoms with Crippen molar-refractivity contribution in [2.75, 3.05) is 26.2 Å². The van der Waals surface area contributed by atoms with Crippen molar-refractivity contribution in [3.63, 3.8) is 0 Å². The Hall–Kier alpha value is -2.51. The summed E-state index contributed by atoms with van der Waals surface area (Å²) < 4.78 is 27.5. The van der Waals surface area contributed by atoms with Gasteiger partial charge < -0.3 is 4.90 Å². The normalized spacial score (nSPS) is 15.2. The van der Waals surface area contributed by atoms with Crippen molar-refractivity contribution in [3.05, 3.63) is 64.2 Å². The van der Waals surface area contributed by atoms with Gasteiger partial charge in [-0.05, 0) is 56.5 Å². The van der Waals surface area contributed by atoms with Crippen LogP contribution in [-0.4, -0.2) is 55.5 Å². The molecule has 1 fully saturated rings. The minimum atomic E-state index is -3.59. The summed E-state index contributed by atoms with van der Waals surface area (Å²) in [6.07, 6.45) is 0.292. The summed E-state index contributed by atoms with van der Waals surface area (Å²) in [5.74, 6) is -0.145. The highest BCUT2D eigenvalue weighted by atomic mass is 32.2. The fourth-order valence-electron chi connectivity index (χ4n) is 3.85. The van der Waals surface area contributed by atoms with Crippen molar-refractivity contribution in [2.24, 2.45) is 0 Å².